The molecule has 3 heteroatoms. The summed E-state index contributed by atoms with van der Waals surface area (Å²) in [5.41, 5.74) is 3.47. The molecule has 1 aliphatic heterocycles. The Balaban J connectivity index is 2.84. The van der Waals surface area contributed by atoms with E-state index < -0.39 is 0 Å². The molecule has 19 heavy (non-hydrogen) atoms. The molecule has 0 radical (unpaired) electrons. The highest BCUT2D eigenvalue weighted by Gasteiger charge is 2.06. The highest BCUT2D eigenvalue weighted by Crippen LogP contribution is 2.26. The van der Waals surface area contributed by atoms with Crippen molar-refractivity contribution in [1.82, 2.24) is 0 Å². The number of allylic oxidation sites excluding steroid dienone is 7. The standard InChI is InChI=1S/C16H21NOS/c1-4-5-7-16(8-6-9-18)17-11-15-12-19-14(3)10-13(15)2/h4-6,8-11,18H,7,12H2,1-3H3/b5-4-,9-6+,16-8+,17-11?. The second-order valence-corrected chi connectivity index (χ2v) is 5.50. The van der Waals surface area contributed by atoms with Crippen molar-refractivity contribution in [2.24, 2.45) is 4.99 Å². The summed E-state index contributed by atoms with van der Waals surface area (Å²) in [4.78, 5) is 5.87. The number of thioether (sulfide) groups is 1. The number of hydrogen-bond acceptors (Lipinski definition) is 3. The van der Waals surface area contributed by atoms with Crippen LogP contribution in [0.4, 0.5) is 0 Å². The van der Waals surface area contributed by atoms with E-state index in [4.69, 9.17) is 5.11 Å². The van der Waals surface area contributed by atoms with Crippen LogP contribution in [0, 0.1) is 0 Å². The lowest BCUT2D eigenvalue weighted by Gasteiger charge is -2.12. The van der Waals surface area contributed by atoms with Gasteiger partial charge in [0, 0.05) is 24.1 Å². The van der Waals surface area contributed by atoms with Gasteiger partial charge in [0.05, 0.1) is 6.26 Å². The van der Waals surface area contributed by atoms with Crippen LogP contribution in [0.15, 0.2) is 63.4 Å². The minimum Gasteiger partial charge on any atom is -0.516 e. The monoisotopic (exact) mass is 275 g/mol. The lowest BCUT2D eigenvalue weighted by molar-refractivity contribution is 0.473. The molecular formula is C16H21NOS. The van der Waals surface area contributed by atoms with Crippen molar-refractivity contribution in [2.75, 3.05) is 5.75 Å². The Bertz CT molecular complexity index is 479. The molecule has 0 saturated heterocycles. The SMILES string of the molecule is C/C=C\C/C(=C\C=C\O)N=CC1=C(C)C=C(C)SC1. The molecular weight excluding hydrogens is 254 g/mol. The van der Waals surface area contributed by atoms with Crippen LogP contribution in [0.1, 0.15) is 27.2 Å². The molecule has 2 nitrogen and oxygen atoms in total. The number of aliphatic imine (C=N–C) groups is 1. The molecule has 0 aromatic carbocycles. The van der Waals surface area contributed by atoms with Crippen molar-refractivity contribution in [3.63, 3.8) is 0 Å². The zero-order valence-corrected chi connectivity index (χ0v) is 12.6. The molecule has 0 spiro atoms. The molecule has 1 N–H and O–H groups in total. The number of aliphatic hydroxyl groups is 1. The third kappa shape index (κ3) is 5.79. The van der Waals surface area contributed by atoms with Crippen LogP contribution in [0.5, 0.6) is 0 Å². The molecule has 0 bridgehead atoms. The van der Waals surface area contributed by atoms with Gasteiger partial charge in [-0.2, -0.15) is 0 Å². The first kappa shape index (κ1) is 15.6. The van der Waals surface area contributed by atoms with Crippen LogP contribution in [-0.2, 0) is 0 Å². The Labute approximate surface area is 120 Å². The van der Waals surface area contributed by atoms with Gasteiger partial charge >= 0.3 is 0 Å². The molecule has 1 heterocycles. The van der Waals surface area contributed by atoms with E-state index in [9.17, 15) is 0 Å². The van der Waals surface area contributed by atoms with Gasteiger partial charge < -0.3 is 5.11 Å². The van der Waals surface area contributed by atoms with Crippen molar-refractivity contribution in [2.45, 2.75) is 27.2 Å². The number of nitrogens with zero attached hydrogens (tertiary/aromatic N) is 1. The molecule has 0 saturated carbocycles. The van der Waals surface area contributed by atoms with Crippen LogP contribution in [0.25, 0.3) is 0 Å². The zero-order valence-electron chi connectivity index (χ0n) is 11.8. The van der Waals surface area contributed by atoms with Gasteiger partial charge in [-0.25, -0.2) is 0 Å². The van der Waals surface area contributed by atoms with Gasteiger partial charge in [-0.1, -0.05) is 12.2 Å². The maximum atomic E-state index is 8.71. The highest BCUT2D eigenvalue weighted by molar-refractivity contribution is 8.03. The van der Waals surface area contributed by atoms with Crippen LogP contribution in [0.3, 0.4) is 0 Å². The fourth-order valence-corrected chi connectivity index (χ4v) is 2.55. The third-order valence-corrected chi connectivity index (χ3v) is 3.73. The number of rotatable bonds is 5. The minimum atomic E-state index is 0.770. The van der Waals surface area contributed by atoms with Crippen LogP contribution >= 0.6 is 11.8 Å². The van der Waals surface area contributed by atoms with E-state index >= 15 is 0 Å². The number of hydrogen-bond donors (Lipinski definition) is 1. The summed E-state index contributed by atoms with van der Waals surface area (Å²) in [6, 6.07) is 0. The van der Waals surface area contributed by atoms with Crippen molar-refractivity contribution < 1.29 is 5.11 Å². The maximum absolute atomic E-state index is 8.71. The van der Waals surface area contributed by atoms with Gasteiger partial charge in [-0.3, -0.25) is 4.99 Å². The van der Waals surface area contributed by atoms with Crippen LogP contribution < -0.4 is 0 Å². The number of aliphatic hydroxyl groups excluding tert-OH is 1. The first-order valence-electron chi connectivity index (χ1n) is 6.33. The summed E-state index contributed by atoms with van der Waals surface area (Å²) in [5, 5.41) is 8.71. The molecule has 0 aromatic rings. The van der Waals surface area contributed by atoms with Gasteiger partial charge in [0.1, 0.15) is 0 Å². The highest BCUT2D eigenvalue weighted by atomic mass is 32.2. The third-order valence-electron chi connectivity index (χ3n) is 2.71. The van der Waals surface area contributed by atoms with E-state index in [0.717, 1.165) is 24.1 Å². The molecule has 0 atom stereocenters. The van der Waals surface area contributed by atoms with Gasteiger partial charge in [-0.15, -0.1) is 11.8 Å². The first-order chi connectivity index (χ1) is 9.17. The largest absolute Gasteiger partial charge is 0.516 e. The quantitative estimate of drug-likeness (QED) is 0.333. The van der Waals surface area contributed by atoms with Gasteiger partial charge in [0.25, 0.3) is 0 Å². The lowest BCUT2D eigenvalue weighted by Crippen LogP contribution is -1.98. The summed E-state index contributed by atoms with van der Waals surface area (Å²) in [6.45, 7) is 6.24. The van der Waals surface area contributed by atoms with E-state index in [2.05, 4.69) is 31.0 Å². The fourth-order valence-electron chi connectivity index (χ4n) is 1.60. The molecule has 0 fully saturated rings. The van der Waals surface area contributed by atoms with Crippen molar-refractivity contribution in [1.29, 1.82) is 0 Å². The minimum absolute atomic E-state index is 0.770. The predicted molar refractivity (Wildman–Crippen MR) is 86.7 cm³/mol. The van der Waals surface area contributed by atoms with E-state index in [1.165, 1.54) is 16.1 Å². The molecule has 0 aromatic heterocycles. The van der Waals surface area contributed by atoms with Gasteiger partial charge in [-0.05, 0) is 55.1 Å². The Morgan fingerprint density at radius 2 is 2.26 bits per heavy atom. The van der Waals surface area contributed by atoms with E-state index in [0.29, 0.717) is 0 Å². The van der Waals surface area contributed by atoms with Crippen molar-refractivity contribution in [3.8, 4) is 0 Å². The Kier molecular flexibility index (Phi) is 7.04. The fraction of sp³-hybridized carbons (Fsp3) is 0.312. The molecule has 0 aliphatic carbocycles. The van der Waals surface area contributed by atoms with Crippen LogP contribution in [-0.4, -0.2) is 17.1 Å². The van der Waals surface area contributed by atoms with E-state index in [1.54, 1.807) is 6.08 Å². The summed E-state index contributed by atoms with van der Waals surface area (Å²) in [6.07, 6.45) is 13.4. The normalized spacial score (nSPS) is 18.1. The second-order valence-electron chi connectivity index (χ2n) is 4.28. The first-order valence-corrected chi connectivity index (χ1v) is 7.32. The smallest absolute Gasteiger partial charge is 0.0792 e. The van der Waals surface area contributed by atoms with Gasteiger partial charge in [0.15, 0.2) is 0 Å². The zero-order chi connectivity index (χ0) is 14.1. The van der Waals surface area contributed by atoms with Crippen LogP contribution in [0.2, 0.25) is 0 Å². The summed E-state index contributed by atoms with van der Waals surface area (Å²) in [5.74, 6) is 0.977. The van der Waals surface area contributed by atoms with E-state index in [-0.39, 0.29) is 0 Å². The average molecular weight is 275 g/mol. The molecule has 0 unspecified atom stereocenters. The summed E-state index contributed by atoms with van der Waals surface area (Å²) in [7, 11) is 0. The summed E-state index contributed by atoms with van der Waals surface area (Å²) < 4.78 is 0. The Morgan fingerprint density at radius 1 is 1.47 bits per heavy atom. The van der Waals surface area contributed by atoms with Gasteiger partial charge in [0.2, 0.25) is 0 Å². The topological polar surface area (TPSA) is 32.6 Å². The van der Waals surface area contributed by atoms with E-state index in [1.807, 2.05) is 37.1 Å². The van der Waals surface area contributed by atoms with Crippen molar-refractivity contribution in [3.05, 3.63) is 58.4 Å². The van der Waals surface area contributed by atoms with Crippen molar-refractivity contribution >= 4 is 18.0 Å². The molecule has 102 valence electrons. The maximum Gasteiger partial charge on any atom is 0.0792 e. The molecule has 0 amide bonds. The Morgan fingerprint density at radius 3 is 2.89 bits per heavy atom. The molecule has 1 rings (SSSR count). The molecule has 1 aliphatic rings. The lowest BCUT2D eigenvalue weighted by atomic mass is 10.1. The average Bonchev–Trinajstić information content (AvgIpc) is 2.39. The predicted octanol–water partition coefficient (Wildman–Crippen LogP) is 4.95. The second kappa shape index (κ2) is 8.59. The summed E-state index contributed by atoms with van der Waals surface area (Å²) >= 11 is 1.84. The Hall–Kier alpha value is -1.48.